The molecule has 2 rings (SSSR count). The minimum Gasteiger partial charge on any atom is -0.316 e. The van der Waals surface area contributed by atoms with Gasteiger partial charge in [-0.15, -0.1) is 24.8 Å². The van der Waals surface area contributed by atoms with Crippen LogP contribution in [0.25, 0.3) is 0 Å². The maximum Gasteiger partial charge on any atom is 0.0447 e. The van der Waals surface area contributed by atoms with E-state index < -0.39 is 0 Å². The average Bonchev–Trinajstić information content (AvgIpc) is 2.58. The van der Waals surface area contributed by atoms with Crippen LogP contribution in [0.15, 0.2) is 24.4 Å². The van der Waals surface area contributed by atoms with Gasteiger partial charge in [-0.05, 0) is 25.1 Å². The quantitative estimate of drug-likeness (QED) is 0.784. The lowest BCUT2D eigenvalue weighted by Crippen LogP contribution is -2.08. The molecule has 1 aromatic heterocycles. The molecule has 0 radical (unpaired) electrons. The fourth-order valence-corrected chi connectivity index (χ4v) is 1.52. The Bertz CT molecular complexity index is 222. The van der Waals surface area contributed by atoms with Crippen molar-refractivity contribution >= 4 is 24.8 Å². The highest BCUT2D eigenvalue weighted by Gasteiger charge is 2.16. The van der Waals surface area contributed by atoms with Gasteiger partial charge in [0, 0.05) is 24.4 Å². The van der Waals surface area contributed by atoms with Crippen molar-refractivity contribution in [2.75, 3.05) is 13.1 Å². The molecule has 1 saturated heterocycles. The molecule has 2 heterocycles. The Kier molecular flexibility index (Phi) is 6.04. The van der Waals surface area contributed by atoms with Crippen LogP contribution >= 0.6 is 24.8 Å². The summed E-state index contributed by atoms with van der Waals surface area (Å²) < 4.78 is 0. The number of pyridine rings is 1. The maximum absolute atomic E-state index is 4.32. The molecule has 13 heavy (non-hydrogen) atoms. The molecular weight excluding hydrogens is 207 g/mol. The average molecular weight is 221 g/mol. The van der Waals surface area contributed by atoms with Crippen molar-refractivity contribution in [2.45, 2.75) is 12.3 Å². The number of hydrogen-bond donors (Lipinski definition) is 1. The number of rotatable bonds is 1. The Labute approximate surface area is 91.0 Å². The summed E-state index contributed by atoms with van der Waals surface area (Å²) in [4.78, 5) is 4.32. The Hall–Kier alpha value is -0.310. The van der Waals surface area contributed by atoms with Gasteiger partial charge in [0.2, 0.25) is 0 Å². The molecule has 1 unspecified atom stereocenters. The normalized spacial score (nSPS) is 20.2. The highest BCUT2D eigenvalue weighted by molar-refractivity contribution is 5.85. The second-order valence-corrected chi connectivity index (χ2v) is 2.94. The molecule has 0 saturated carbocycles. The summed E-state index contributed by atoms with van der Waals surface area (Å²) in [5.74, 6) is 0.649. The zero-order valence-electron chi connectivity index (χ0n) is 7.27. The minimum atomic E-state index is 0. The minimum absolute atomic E-state index is 0. The molecule has 0 spiro atoms. The summed E-state index contributed by atoms with van der Waals surface area (Å²) in [6.45, 7) is 2.23. The molecule has 74 valence electrons. The van der Waals surface area contributed by atoms with Gasteiger partial charge in [0.1, 0.15) is 0 Å². The van der Waals surface area contributed by atoms with Crippen LogP contribution in [0, 0.1) is 0 Å². The molecule has 0 aliphatic carbocycles. The third-order valence-electron chi connectivity index (χ3n) is 2.17. The second kappa shape index (κ2) is 6.19. The number of hydrogen-bond acceptors (Lipinski definition) is 2. The maximum atomic E-state index is 4.32. The van der Waals surface area contributed by atoms with E-state index in [1.165, 1.54) is 12.1 Å². The van der Waals surface area contributed by atoms with Crippen LogP contribution in [0.4, 0.5) is 0 Å². The van der Waals surface area contributed by atoms with E-state index in [9.17, 15) is 0 Å². The van der Waals surface area contributed by atoms with Crippen molar-refractivity contribution in [3.8, 4) is 0 Å². The molecular formula is C9H14Cl2N2. The molecule has 1 N–H and O–H groups in total. The van der Waals surface area contributed by atoms with Gasteiger partial charge < -0.3 is 5.32 Å². The van der Waals surface area contributed by atoms with Gasteiger partial charge in [-0.2, -0.15) is 0 Å². The number of halogens is 2. The number of nitrogens with zero attached hydrogens (tertiary/aromatic N) is 1. The molecule has 2 nitrogen and oxygen atoms in total. The van der Waals surface area contributed by atoms with E-state index in [-0.39, 0.29) is 24.8 Å². The largest absolute Gasteiger partial charge is 0.316 e. The predicted octanol–water partition coefficient (Wildman–Crippen LogP) is 2.00. The first kappa shape index (κ1) is 12.7. The van der Waals surface area contributed by atoms with E-state index in [0.29, 0.717) is 5.92 Å². The molecule has 1 aliphatic rings. The van der Waals surface area contributed by atoms with Crippen molar-refractivity contribution in [1.29, 1.82) is 0 Å². The predicted molar refractivity (Wildman–Crippen MR) is 59.0 cm³/mol. The molecule has 1 fully saturated rings. The van der Waals surface area contributed by atoms with Crippen molar-refractivity contribution < 1.29 is 0 Å². The zero-order valence-corrected chi connectivity index (χ0v) is 8.90. The van der Waals surface area contributed by atoms with Crippen molar-refractivity contribution in [3.05, 3.63) is 30.1 Å². The summed E-state index contributed by atoms with van der Waals surface area (Å²) in [5.41, 5.74) is 1.23. The third-order valence-corrected chi connectivity index (χ3v) is 2.17. The van der Waals surface area contributed by atoms with E-state index >= 15 is 0 Å². The number of nitrogens with one attached hydrogen (secondary N) is 1. The van der Waals surface area contributed by atoms with E-state index in [1.807, 2.05) is 12.3 Å². The van der Waals surface area contributed by atoms with Crippen molar-refractivity contribution in [3.63, 3.8) is 0 Å². The van der Waals surface area contributed by atoms with E-state index in [4.69, 9.17) is 0 Å². The summed E-state index contributed by atoms with van der Waals surface area (Å²) in [7, 11) is 0. The lowest BCUT2D eigenvalue weighted by Gasteiger charge is -2.05. The fourth-order valence-electron chi connectivity index (χ4n) is 1.52. The van der Waals surface area contributed by atoms with Crippen molar-refractivity contribution in [1.82, 2.24) is 10.3 Å². The van der Waals surface area contributed by atoms with Gasteiger partial charge in [-0.3, -0.25) is 4.98 Å². The molecule has 1 aromatic rings. The van der Waals surface area contributed by atoms with Gasteiger partial charge >= 0.3 is 0 Å². The lowest BCUT2D eigenvalue weighted by molar-refractivity contribution is 0.735. The van der Waals surface area contributed by atoms with Crippen LogP contribution < -0.4 is 5.32 Å². The van der Waals surface area contributed by atoms with Gasteiger partial charge in [0.05, 0.1) is 0 Å². The lowest BCUT2D eigenvalue weighted by atomic mass is 10.0. The van der Waals surface area contributed by atoms with Crippen LogP contribution in [0.2, 0.25) is 0 Å². The van der Waals surface area contributed by atoms with E-state index in [2.05, 4.69) is 22.4 Å². The van der Waals surface area contributed by atoms with Crippen molar-refractivity contribution in [2.24, 2.45) is 0 Å². The number of aromatic nitrogens is 1. The van der Waals surface area contributed by atoms with Crippen LogP contribution in [-0.4, -0.2) is 18.1 Å². The molecule has 0 aromatic carbocycles. The van der Waals surface area contributed by atoms with Gasteiger partial charge in [0.15, 0.2) is 0 Å². The van der Waals surface area contributed by atoms with E-state index in [1.54, 1.807) is 0 Å². The standard InChI is InChI=1S/C9H12N2.2ClH/c1-2-5-11-9(3-1)8-4-6-10-7-8;;/h1-3,5,8,10H,4,6-7H2;2*1H. The second-order valence-electron chi connectivity index (χ2n) is 2.94. The van der Waals surface area contributed by atoms with Crippen LogP contribution in [0.1, 0.15) is 18.0 Å². The Morgan fingerprint density at radius 2 is 2.15 bits per heavy atom. The van der Waals surface area contributed by atoms with Gasteiger partial charge in [-0.1, -0.05) is 6.07 Å². The highest BCUT2D eigenvalue weighted by Crippen LogP contribution is 2.18. The molecule has 0 amide bonds. The topological polar surface area (TPSA) is 24.9 Å². The highest BCUT2D eigenvalue weighted by atomic mass is 35.5. The first-order valence-corrected chi connectivity index (χ1v) is 4.08. The van der Waals surface area contributed by atoms with E-state index in [0.717, 1.165) is 13.1 Å². The Balaban J connectivity index is 0.000000720. The summed E-state index contributed by atoms with van der Waals surface area (Å²) >= 11 is 0. The van der Waals surface area contributed by atoms with Crippen LogP contribution in [0.3, 0.4) is 0 Å². The monoisotopic (exact) mass is 220 g/mol. The van der Waals surface area contributed by atoms with Gasteiger partial charge in [-0.25, -0.2) is 0 Å². The SMILES string of the molecule is Cl.Cl.c1ccc(C2CCNC2)nc1. The van der Waals surface area contributed by atoms with Crippen LogP contribution in [0.5, 0.6) is 0 Å². The zero-order chi connectivity index (χ0) is 7.52. The Morgan fingerprint density at radius 3 is 2.69 bits per heavy atom. The third kappa shape index (κ3) is 3.14. The molecule has 0 bridgehead atoms. The first-order valence-electron chi connectivity index (χ1n) is 4.08. The van der Waals surface area contributed by atoms with Crippen LogP contribution in [-0.2, 0) is 0 Å². The molecule has 4 heteroatoms. The first-order chi connectivity index (χ1) is 5.47. The smallest absolute Gasteiger partial charge is 0.0447 e. The van der Waals surface area contributed by atoms with Gasteiger partial charge in [0.25, 0.3) is 0 Å². The fraction of sp³-hybridized carbons (Fsp3) is 0.444. The molecule has 1 aliphatic heterocycles. The summed E-state index contributed by atoms with van der Waals surface area (Å²) in [6, 6.07) is 6.13. The summed E-state index contributed by atoms with van der Waals surface area (Å²) in [6.07, 6.45) is 3.10. The summed E-state index contributed by atoms with van der Waals surface area (Å²) in [5, 5.41) is 3.33. The Morgan fingerprint density at radius 1 is 1.31 bits per heavy atom. The molecule has 1 atom stereocenters.